The molecule has 8 nitrogen and oxygen atoms in total. The van der Waals surface area contributed by atoms with Crippen LogP contribution in [0.5, 0.6) is 5.75 Å². The van der Waals surface area contributed by atoms with Crippen LogP contribution in [-0.2, 0) is 0 Å². The highest BCUT2D eigenvalue weighted by Crippen LogP contribution is 2.32. The maximum Gasteiger partial charge on any atom is 0.353 e. The first-order valence-corrected chi connectivity index (χ1v) is 8.99. The van der Waals surface area contributed by atoms with E-state index in [1.54, 1.807) is 31.4 Å². The Kier molecular flexibility index (Phi) is 6.19. The number of benzene rings is 1. The summed E-state index contributed by atoms with van der Waals surface area (Å²) in [5.74, 6) is 1.01. The van der Waals surface area contributed by atoms with E-state index >= 15 is 0 Å². The standard InChI is InChI=1S/C19H23N5O3/c1-27-16-9-5-8-15(12-16)23-19-17(24(25)26)18(21-13-22-19)20-11-10-14-6-3-2-4-7-14/h5-6,8-9,12-13H,2-4,7,10-11H2,1H3,(H2,20,21,22,23). The number of ether oxygens (including phenoxy) is 1. The molecule has 0 unspecified atom stereocenters. The van der Waals surface area contributed by atoms with E-state index in [1.165, 1.54) is 24.7 Å². The number of allylic oxidation sites excluding steroid dienone is 1. The predicted molar refractivity (Wildman–Crippen MR) is 105 cm³/mol. The fourth-order valence-electron chi connectivity index (χ4n) is 3.08. The summed E-state index contributed by atoms with van der Waals surface area (Å²) in [6.45, 7) is 0.599. The summed E-state index contributed by atoms with van der Waals surface area (Å²) >= 11 is 0. The number of hydrogen-bond acceptors (Lipinski definition) is 7. The molecule has 0 bridgehead atoms. The Morgan fingerprint density at radius 3 is 2.85 bits per heavy atom. The Balaban J connectivity index is 1.75. The summed E-state index contributed by atoms with van der Waals surface area (Å²) in [4.78, 5) is 19.3. The van der Waals surface area contributed by atoms with Crippen molar-refractivity contribution < 1.29 is 9.66 Å². The molecule has 2 N–H and O–H groups in total. The molecule has 0 saturated heterocycles. The van der Waals surface area contributed by atoms with Gasteiger partial charge in [0.1, 0.15) is 12.1 Å². The topological polar surface area (TPSA) is 102 Å². The van der Waals surface area contributed by atoms with Crippen molar-refractivity contribution in [3.8, 4) is 5.75 Å². The predicted octanol–water partition coefficient (Wildman–Crippen LogP) is 4.44. The quantitative estimate of drug-likeness (QED) is 0.403. The fourth-order valence-corrected chi connectivity index (χ4v) is 3.08. The second-order valence-electron chi connectivity index (χ2n) is 6.32. The molecule has 1 aliphatic rings. The van der Waals surface area contributed by atoms with Crippen molar-refractivity contribution in [2.45, 2.75) is 32.1 Å². The number of nitrogens with zero attached hydrogens (tertiary/aromatic N) is 3. The lowest BCUT2D eigenvalue weighted by atomic mass is 9.97. The minimum absolute atomic E-state index is 0.141. The molecule has 0 fully saturated rings. The molecule has 0 radical (unpaired) electrons. The van der Waals surface area contributed by atoms with Gasteiger partial charge in [0, 0.05) is 18.3 Å². The lowest BCUT2D eigenvalue weighted by Crippen LogP contribution is -2.10. The molecule has 0 saturated carbocycles. The number of anilines is 3. The average molecular weight is 369 g/mol. The molecule has 0 amide bonds. The third kappa shape index (κ3) is 4.93. The van der Waals surface area contributed by atoms with Gasteiger partial charge >= 0.3 is 5.69 Å². The zero-order valence-electron chi connectivity index (χ0n) is 15.3. The van der Waals surface area contributed by atoms with E-state index in [1.807, 2.05) is 0 Å². The first-order valence-electron chi connectivity index (χ1n) is 8.99. The van der Waals surface area contributed by atoms with Crippen LogP contribution in [0.15, 0.2) is 42.2 Å². The van der Waals surface area contributed by atoms with Crippen LogP contribution in [0.1, 0.15) is 32.1 Å². The van der Waals surface area contributed by atoms with E-state index in [-0.39, 0.29) is 17.3 Å². The van der Waals surface area contributed by atoms with Crippen LogP contribution in [-0.4, -0.2) is 28.5 Å². The van der Waals surface area contributed by atoms with Gasteiger partial charge < -0.3 is 15.4 Å². The number of rotatable bonds is 8. The Morgan fingerprint density at radius 2 is 2.11 bits per heavy atom. The average Bonchev–Trinajstić information content (AvgIpc) is 2.69. The van der Waals surface area contributed by atoms with Gasteiger partial charge in [0.25, 0.3) is 0 Å². The first-order chi connectivity index (χ1) is 13.2. The van der Waals surface area contributed by atoms with Crippen LogP contribution in [0.2, 0.25) is 0 Å². The van der Waals surface area contributed by atoms with Crippen molar-refractivity contribution >= 4 is 23.0 Å². The van der Waals surface area contributed by atoms with Crippen LogP contribution in [0, 0.1) is 10.1 Å². The molecular formula is C19H23N5O3. The van der Waals surface area contributed by atoms with Crippen molar-refractivity contribution in [3.05, 3.63) is 52.4 Å². The molecule has 1 aliphatic carbocycles. The van der Waals surface area contributed by atoms with E-state index in [4.69, 9.17) is 4.74 Å². The molecule has 1 aromatic carbocycles. The second-order valence-corrected chi connectivity index (χ2v) is 6.32. The summed E-state index contributed by atoms with van der Waals surface area (Å²) in [6, 6.07) is 7.13. The van der Waals surface area contributed by atoms with E-state index in [9.17, 15) is 10.1 Å². The van der Waals surface area contributed by atoms with E-state index in [0.29, 0.717) is 18.0 Å². The Morgan fingerprint density at radius 1 is 1.26 bits per heavy atom. The number of methoxy groups -OCH3 is 1. The van der Waals surface area contributed by atoms with Crippen molar-refractivity contribution in [3.63, 3.8) is 0 Å². The summed E-state index contributed by atoms with van der Waals surface area (Å²) in [6.07, 6.45) is 9.14. The normalized spacial score (nSPS) is 13.6. The van der Waals surface area contributed by atoms with Crippen LogP contribution in [0.25, 0.3) is 0 Å². The largest absolute Gasteiger partial charge is 0.497 e. The van der Waals surface area contributed by atoms with Crippen molar-refractivity contribution in [1.29, 1.82) is 0 Å². The van der Waals surface area contributed by atoms with Gasteiger partial charge in [-0.2, -0.15) is 0 Å². The Hall–Kier alpha value is -3.16. The minimum atomic E-state index is -0.468. The maximum atomic E-state index is 11.6. The van der Waals surface area contributed by atoms with Gasteiger partial charge in [-0.3, -0.25) is 10.1 Å². The first kappa shape index (κ1) is 18.6. The van der Waals surface area contributed by atoms with Gasteiger partial charge in [-0.25, -0.2) is 9.97 Å². The molecule has 27 heavy (non-hydrogen) atoms. The lowest BCUT2D eigenvalue weighted by Gasteiger charge is -2.14. The van der Waals surface area contributed by atoms with Gasteiger partial charge in [-0.05, 0) is 44.2 Å². The molecule has 8 heteroatoms. The second kappa shape index (κ2) is 8.98. The monoisotopic (exact) mass is 369 g/mol. The molecule has 142 valence electrons. The van der Waals surface area contributed by atoms with Gasteiger partial charge in [-0.15, -0.1) is 0 Å². The van der Waals surface area contributed by atoms with Gasteiger partial charge in [0.2, 0.25) is 11.6 Å². The maximum absolute atomic E-state index is 11.6. The van der Waals surface area contributed by atoms with Gasteiger partial charge in [0.15, 0.2) is 0 Å². The fraction of sp³-hybridized carbons (Fsp3) is 0.368. The third-order valence-electron chi connectivity index (χ3n) is 4.46. The smallest absolute Gasteiger partial charge is 0.353 e. The third-order valence-corrected chi connectivity index (χ3v) is 4.46. The lowest BCUT2D eigenvalue weighted by molar-refractivity contribution is -0.383. The molecule has 2 aromatic rings. The molecule has 1 aromatic heterocycles. The zero-order valence-corrected chi connectivity index (χ0v) is 15.3. The summed E-state index contributed by atoms with van der Waals surface area (Å²) in [7, 11) is 1.57. The number of nitro groups is 1. The SMILES string of the molecule is COc1cccc(Nc2ncnc(NCCC3=CCCCC3)c2[N+](=O)[O-])c1. The van der Waals surface area contributed by atoms with Gasteiger partial charge in [-0.1, -0.05) is 17.7 Å². The Labute approximate surface area is 157 Å². The molecule has 0 atom stereocenters. The highest BCUT2D eigenvalue weighted by Gasteiger charge is 2.23. The summed E-state index contributed by atoms with van der Waals surface area (Å²) in [5.41, 5.74) is 1.88. The van der Waals surface area contributed by atoms with Crippen LogP contribution >= 0.6 is 0 Å². The molecule has 0 spiro atoms. The van der Waals surface area contributed by atoms with E-state index in [2.05, 4.69) is 26.7 Å². The van der Waals surface area contributed by atoms with Crippen LogP contribution < -0.4 is 15.4 Å². The van der Waals surface area contributed by atoms with Crippen LogP contribution in [0.4, 0.5) is 23.0 Å². The molecule has 3 rings (SSSR count). The highest BCUT2D eigenvalue weighted by molar-refractivity contribution is 5.74. The van der Waals surface area contributed by atoms with Crippen molar-refractivity contribution in [2.24, 2.45) is 0 Å². The van der Waals surface area contributed by atoms with Crippen LogP contribution in [0.3, 0.4) is 0 Å². The zero-order chi connectivity index (χ0) is 19.1. The molecular weight excluding hydrogens is 346 g/mol. The minimum Gasteiger partial charge on any atom is -0.497 e. The molecule has 0 aliphatic heterocycles. The number of aromatic nitrogens is 2. The Bertz CT molecular complexity index is 838. The van der Waals surface area contributed by atoms with Crippen molar-refractivity contribution in [1.82, 2.24) is 9.97 Å². The van der Waals surface area contributed by atoms with Crippen molar-refractivity contribution in [2.75, 3.05) is 24.3 Å². The molecule has 1 heterocycles. The summed E-state index contributed by atoms with van der Waals surface area (Å²) < 4.78 is 5.18. The number of nitrogens with one attached hydrogen (secondary N) is 2. The van der Waals surface area contributed by atoms with E-state index in [0.717, 1.165) is 19.3 Å². The van der Waals surface area contributed by atoms with Gasteiger partial charge in [0.05, 0.1) is 12.0 Å². The van der Waals surface area contributed by atoms with E-state index < -0.39 is 4.92 Å². The summed E-state index contributed by atoms with van der Waals surface area (Å²) in [5, 5.41) is 17.7. The number of hydrogen-bond donors (Lipinski definition) is 2. The highest BCUT2D eigenvalue weighted by atomic mass is 16.6.